The first-order chi connectivity index (χ1) is 9.38. The summed E-state index contributed by atoms with van der Waals surface area (Å²) in [4.78, 5) is 4.12. The highest BCUT2D eigenvalue weighted by Crippen LogP contribution is 2.36. The summed E-state index contributed by atoms with van der Waals surface area (Å²) in [5, 5.41) is 0. The third kappa shape index (κ3) is 3.26. The van der Waals surface area contributed by atoms with Gasteiger partial charge in [-0.15, -0.1) is 0 Å². The van der Waals surface area contributed by atoms with Crippen LogP contribution in [0.1, 0.15) is 23.6 Å². The van der Waals surface area contributed by atoms with E-state index < -0.39 is 11.7 Å². The molecule has 0 unspecified atom stereocenters. The molecular weight excluding hydrogens is 263 g/mol. The average Bonchev–Trinajstić information content (AvgIpc) is 2.38. The van der Waals surface area contributed by atoms with Crippen molar-refractivity contribution in [3.8, 4) is 0 Å². The molecule has 0 aliphatic carbocycles. The molecule has 0 amide bonds. The second kappa shape index (κ2) is 5.49. The van der Waals surface area contributed by atoms with E-state index in [1.54, 1.807) is 13.0 Å². The summed E-state index contributed by atoms with van der Waals surface area (Å²) in [5.74, 6) is 0. The molecule has 0 heterocycles. The van der Waals surface area contributed by atoms with Crippen LogP contribution in [0.2, 0.25) is 0 Å². The molecule has 0 aliphatic heterocycles. The van der Waals surface area contributed by atoms with Crippen LogP contribution in [0.4, 0.5) is 18.9 Å². The molecule has 0 aromatic heterocycles. The zero-order valence-electron chi connectivity index (χ0n) is 11.2. The van der Waals surface area contributed by atoms with Crippen LogP contribution in [0.15, 0.2) is 53.5 Å². The molecule has 2 rings (SSSR count). The third-order valence-corrected chi connectivity index (χ3v) is 2.97. The van der Waals surface area contributed by atoms with Crippen molar-refractivity contribution < 1.29 is 13.2 Å². The molecule has 2 aromatic carbocycles. The van der Waals surface area contributed by atoms with Gasteiger partial charge < -0.3 is 0 Å². The van der Waals surface area contributed by atoms with E-state index >= 15 is 0 Å². The van der Waals surface area contributed by atoms with Gasteiger partial charge in [-0.3, -0.25) is 4.99 Å². The Morgan fingerprint density at radius 1 is 0.950 bits per heavy atom. The molecule has 104 valence electrons. The van der Waals surface area contributed by atoms with Crippen LogP contribution in [0.25, 0.3) is 0 Å². The second-order valence-corrected chi connectivity index (χ2v) is 4.58. The maximum absolute atomic E-state index is 12.9. The molecule has 0 radical (unpaired) electrons. The Bertz CT molecular complexity index is 625. The Labute approximate surface area is 115 Å². The first-order valence-corrected chi connectivity index (χ1v) is 6.16. The van der Waals surface area contributed by atoms with Gasteiger partial charge in [-0.2, -0.15) is 13.2 Å². The van der Waals surface area contributed by atoms with E-state index in [2.05, 4.69) is 4.99 Å². The van der Waals surface area contributed by atoms with Crippen LogP contribution >= 0.6 is 0 Å². The second-order valence-electron chi connectivity index (χ2n) is 4.58. The van der Waals surface area contributed by atoms with Crippen LogP contribution in [0, 0.1) is 6.92 Å². The normalized spacial score (nSPS) is 12.6. The number of hydrogen-bond donors (Lipinski definition) is 0. The van der Waals surface area contributed by atoms with E-state index in [0.29, 0.717) is 5.71 Å². The predicted molar refractivity (Wildman–Crippen MR) is 74.5 cm³/mol. The zero-order chi connectivity index (χ0) is 14.8. The van der Waals surface area contributed by atoms with Crippen molar-refractivity contribution >= 4 is 11.4 Å². The van der Waals surface area contributed by atoms with Crippen LogP contribution in [0.5, 0.6) is 0 Å². The van der Waals surface area contributed by atoms with Crippen molar-refractivity contribution in [2.75, 3.05) is 0 Å². The fourth-order valence-electron chi connectivity index (χ4n) is 1.85. The van der Waals surface area contributed by atoms with E-state index in [4.69, 9.17) is 0 Å². The Morgan fingerprint density at radius 2 is 1.55 bits per heavy atom. The van der Waals surface area contributed by atoms with Crippen molar-refractivity contribution in [2.24, 2.45) is 4.99 Å². The summed E-state index contributed by atoms with van der Waals surface area (Å²) in [6.07, 6.45) is -4.40. The fraction of sp³-hybridized carbons (Fsp3) is 0.188. The van der Waals surface area contributed by atoms with E-state index in [1.807, 2.05) is 31.2 Å². The molecule has 0 saturated heterocycles. The summed E-state index contributed by atoms with van der Waals surface area (Å²) < 4.78 is 38.7. The highest BCUT2D eigenvalue weighted by atomic mass is 19.4. The Balaban J connectivity index is 2.43. The molecule has 0 spiro atoms. The monoisotopic (exact) mass is 277 g/mol. The standard InChI is InChI=1S/C16H14F3N/c1-11-7-9-13(10-8-11)12(2)20-15-6-4-3-5-14(15)16(17,18)19/h3-10H,1-2H3. The van der Waals surface area contributed by atoms with Gasteiger partial charge in [0.2, 0.25) is 0 Å². The largest absolute Gasteiger partial charge is 0.418 e. The minimum atomic E-state index is -4.40. The lowest BCUT2D eigenvalue weighted by Crippen LogP contribution is -2.05. The van der Waals surface area contributed by atoms with Crippen molar-refractivity contribution in [3.63, 3.8) is 0 Å². The number of aryl methyl sites for hydroxylation is 1. The third-order valence-electron chi connectivity index (χ3n) is 2.97. The summed E-state index contributed by atoms with van der Waals surface area (Å²) >= 11 is 0. The molecule has 0 saturated carbocycles. The molecule has 0 N–H and O–H groups in total. The van der Waals surface area contributed by atoms with E-state index in [9.17, 15) is 13.2 Å². The highest BCUT2D eigenvalue weighted by Gasteiger charge is 2.33. The number of nitrogens with zero attached hydrogens (tertiary/aromatic N) is 1. The van der Waals surface area contributed by atoms with Gasteiger partial charge in [0.05, 0.1) is 11.3 Å². The number of rotatable bonds is 2. The van der Waals surface area contributed by atoms with Crippen LogP contribution < -0.4 is 0 Å². The van der Waals surface area contributed by atoms with Gasteiger partial charge in [0.15, 0.2) is 0 Å². The van der Waals surface area contributed by atoms with Gasteiger partial charge in [0, 0.05) is 5.71 Å². The number of alkyl halides is 3. The zero-order valence-corrected chi connectivity index (χ0v) is 11.2. The number of aliphatic imine (C=N–C) groups is 1. The van der Waals surface area contributed by atoms with E-state index in [1.165, 1.54) is 12.1 Å². The summed E-state index contributed by atoms with van der Waals surface area (Å²) in [7, 11) is 0. The Hall–Kier alpha value is -2.10. The lowest BCUT2D eigenvalue weighted by atomic mass is 10.1. The molecule has 4 heteroatoms. The highest BCUT2D eigenvalue weighted by molar-refractivity contribution is 6.00. The van der Waals surface area contributed by atoms with E-state index in [0.717, 1.165) is 17.2 Å². The van der Waals surface area contributed by atoms with Gasteiger partial charge in [0.1, 0.15) is 0 Å². The molecule has 0 atom stereocenters. The van der Waals surface area contributed by atoms with Crippen molar-refractivity contribution in [1.82, 2.24) is 0 Å². The summed E-state index contributed by atoms with van der Waals surface area (Å²) in [6, 6.07) is 12.9. The molecule has 0 fully saturated rings. The topological polar surface area (TPSA) is 12.4 Å². The molecule has 2 aromatic rings. The lowest BCUT2D eigenvalue weighted by Gasteiger charge is -2.10. The molecule has 0 aliphatic rings. The molecular formula is C16H14F3N. The lowest BCUT2D eigenvalue weighted by molar-refractivity contribution is -0.137. The number of halogens is 3. The number of para-hydroxylation sites is 1. The maximum atomic E-state index is 12.9. The predicted octanol–water partition coefficient (Wildman–Crippen LogP) is 5.15. The number of hydrogen-bond acceptors (Lipinski definition) is 1. The van der Waals surface area contributed by atoms with Gasteiger partial charge >= 0.3 is 6.18 Å². The van der Waals surface area contributed by atoms with Gasteiger partial charge in [-0.05, 0) is 31.5 Å². The van der Waals surface area contributed by atoms with Gasteiger partial charge in [-0.1, -0.05) is 42.0 Å². The van der Waals surface area contributed by atoms with Gasteiger partial charge in [0.25, 0.3) is 0 Å². The first-order valence-electron chi connectivity index (χ1n) is 6.16. The number of benzene rings is 2. The smallest absolute Gasteiger partial charge is 0.253 e. The summed E-state index contributed by atoms with van der Waals surface area (Å²) in [6.45, 7) is 3.66. The minimum Gasteiger partial charge on any atom is -0.253 e. The van der Waals surface area contributed by atoms with Gasteiger partial charge in [-0.25, -0.2) is 0 Å². The fourth-order valence-corrected chi connectivity index (χ4v) is 1.85. The SMILES string of the molecule is CC(=Nc1ccccc1C(F)(F)F)c1ccc(C)cc1. The van der Waals surface area contributed by atoms with Crippen molar-refractivity contribution in [1.29, 1.82) is 0 Å². The minimum absolute atomic E-state index is 0.0573. The molecule has 1 nitrogen and oxygen atoms in total. The molecule has 0 bridgehead atoms. The maximum Gasteiger partial charge on any atom is 0.418 e. The van der Waals surface area contributed by atoms with Crippen molar-refractivity contribution in [2.45, 2.75) is 20.0 Å². The summed E-state index contributed by atoms with van der Waals surface area (Å²) in [5.41, 5.74) is 1.69. The first kappa shape index (κ1) is 14.3. The van der Waals surface area contributed by atoms with Crippen LogP contribution in [0.3, 0.4) is 0 Å². The van der Waals surface area contributed by atoms with Crippen LogP contribution in [-0.4, -0.2) is 5.71 Å². The van der Waals surface area contributed by atoms with E-state index in [-0.39, 0.29) is 5.69 Å². The average molecular weight is 277 g/mol. The Morgan fingerprint density at radius 3 is 2.15 bits per heavy atom. The van der Waals surface area contributed by atoms with Crippen molar-refractivity contribution in [3.05, 3.63) is 65.2 Å². The quantitative estimate of drug-likeness (QED) is 0.673. The Kier molecular flexibility index (Phi) is 3.93. The molecule has 20 heavy (non-hydrogen) atoms. The van der Waals surface area contributed by atoms with Crippen LogP contribution in [-0.2, 0) is 6.18 Å².